The average molecular weight is 284 g/mol. The molecule has 0 aliphatic carbocycles. The summed E-state index contributed by atoms with van der Waals surface area (Å²) in [5, 5.41) is 18.5. The van der Waals surface area contributed by atoms with Gasteiger partial charge in [-0.3, -0.25) is 0 Å². The maximum Gasteiger partial charge on any atom is 0.142 e. The maximum atomic E-state index is 9.42. The van der Waals surface area contributed by atoms with E-state index in [1.54, 1.807) is 0 Å². The predicted molar refractivity (Wildman–Crippen MR) is 80.5 cm³/mol. The molecule has 1 heterocycles. The topological polar surface area (TPSA) is 75.6 Å². The number of aryl methyl sites for hydroxylation is 1. The summed E-state index contributed by atoms with van der Waals surface area (Å²) in [6.45, 7) is 4.06. The largest absolute Gasteiger partial charge is 0.399 e. The highest BCUT2D eigenvalue weighted by Gasteiger charge is 2.15. The van der Waals surface area contributed by atoms with Gasteiger partial charge in [-0.25, -0.2) is 0 Å². The number of nitrogens with zero attached hydrogens (tertiary/aromatic N) is 3. The van der Waals surface area contributed by atoms with Gasteiger partial charge >= 0.3 is 0 Å². The molecule has 1 aromatic heterocycles. The van der Waals surface area contributed by atoms with Gasteiger partial charge in [-0.05, 0) is 42.7 Å². The molecule has 0 unspecified atom stereocenters. The van der Waals surface area contributed by atoms with Crippen LogP contribution in [-0.2, 0) is 12.8 Å². The molecule has 4 nitrogen and oxygen atoms in total. The molecule has 2 aromatic rings. The van der Waals surface area contributed by atoms with Gasteiger partial charge in [0.25, 0.3) is 0 Å². The van der Waals surface area contributed by atoms with Crippen molar-refractivity contribution in [2.24, 2.45) is 0 Å². The molecular formula is C15H16N4S. The Kier molecular flexibility index (Phi) is 4.59. The van der Waals surface area contributed by atoms with Gasteiger partial charge in [-0.15, -0.1) is 5.10 Å². The summed E-state index contributed by atoms with van der Waals surface area (Å²) in [6, 6.07) is 9.78. The molecule has 0 spiro atoms. The van der Waals surface area contributed by atoms with Crippen molar-refractivity contribution >= 4 is 17.4 Å². The smallest absolute Gasteiger partial charge is 0.142 e. The number of benzene rings is 1. The third-order valence-corrected chi connectivity index (χ3v) is 4.01. The average Bonchev–Trinajstić information content (AvgIpc) is 2.48. The van der Waals surface area contributed by atoms with Crippen molar-refractivity contribution in [1.82, 2.24) is 10.2 Å². The van der Waals surface area contributed by atoms with Gasteiger partial charge in [0.1, 0.15) is 11.1 Å². The van der Waals surface area contributed by atoms with Crippen LogP contribution in [0, 0.1) is 11.3 Å². The molecule has 2 N–H and O–H groups in total. The lowest BCUT2D eigenvalue weighted by Gasteiger charge is -2.10. The zero-order valence-electron chi connectivity index (χ0n) is 11.6. The lowest BCUT2D eigenvalue weighted by molar-refractivity contribution is 0.818. The van der Waals surface area contributed by atoms with Gasteiger partial charge in [0, 0.05) is 10.6 Å². The number of hydrogen-bond donors (Lipinski definition) is 1. The summed E-state index contributed by atoms with van der Waals surface area (Å²) in [6.07, 6.45) is 1.58. The molecule has 0 atom stereocenters. The normalized spacial score (nSPS) is 10.2. The first kappa shape index (κ1) is 14.4. The van der Waals surface area contributed by atoms with E-state index >= 15 is 0 Å². The van der Waals surface area contributed by atoms with E-state index in [0.717, 1.165) is 34.7 Å². The number of aromatic nitrogens is 2. The van der Waals surface area contributed by atoms with Gasteiger partial charge in [-0.1, -0.05) is 25.6 Å². The van der Waals surface area contributed by atoms with Crippen LogP contribution in [-0.4, -0.2) is 10.2 Å². The molecule has 0 aliphatic rings. The van der Waals surface area contributed by atoms with Crippen LogP contribution in [0.1, 0.15) is 30.7 Å². The standard InChI is InChI=1S/C15H16N4S/c1-3-12-13(9-16)15(19-18-14(12)4-2)20-11-7-5-10(17)6-8-11/h5-8H,3-4,17H2,1-2H3. The van der Waals surface area contributed by atoms with E-state index in [1.165, 1.54) is 11.8 Å². The first-order valence-corrected chi connectivity index (χ1v) is 7.33. The number of anilines is 1. The lowest BCUT2D eigenvalue weighted by atomic mass is 10.1. The molecule has 0 saturated heterocycles. The molecule has 0 bridgehead atoms. The lowest BCUT2D eigenvalue weighted by Crippen LogP contribution is -2.04. The van der Waals surface area contributed by atoms with Crippen LogP contribution in [0.3, 0.4) is 0 Å². The molecule has 0 aliphatic heterocycles. The third-order valence-electron chi connectivity index (χ3n) is 3.02. The van der Waals surface area contributed by atoms with Gasteiger partial charge in [0.2, 0.25) is 0 Å². The summed E-state index contributed by atoms with van der Waals surface area (Å²) in [5.41, 5.74) is 8.94. The maximum absolute atomic E-state index is 9.42. The Morgan fingerprint density at radius 2 is 1.85 bits per heavy atom. The Labute approximate surface area is 123 Å². The van der Waals surface area contributed by atoms with Crippen LogP contribution in [0.2, 0.25) is 0 Å². The molecule has 5 heteroatoms. The van der Waals surface area contributed by atoms with Crippen LogP contribution in [0.4, 0.5) is 5.69 Å². The van der Waals surface area contributed by atoms with Gasteiger partial charge in [0.15, 0.2) is 0 Å². The number of nitrogens with two attached hydrogens (primary N) is 1. The molecule has 0 saturated carbocycles. The second kappa shape index (κ2) is 6.40. The first-order valence-electron chi connectivity index (χ1n) is 6.51. The summed E-state index contributed by atoms with van der Waals surface area (Å²) >= 11 is 1.44. The van der Waals surface area contributed by atoms with Crippen molar-refractivity contribution in [2.45, 2.75) is 36.6 Å². The predicted octanol–water partition coefficient (Wildman–Crippen LogP) is 3.21. The fraction of sp³-hybridized carbons (Fsp3) is 0.267. The fourth-order valence-corrected chi connectivity index (χ4v) is 2.84. The van der Waals surface area contributed by atoms with Crippen LogP contribution in [0.15, 0.2) is 34.2 Å². The Hall–Kier alpha value is -2.06. The zero-order valence-corrected chi connectivity index (χ0v) is 12.4. The minimum absolute atomic E-state index is 0.640. The molecule has 1 aromatic carbocycles. The highest BCUT2D eigenvalue weighted by molar-refractivity contribution is 7.99. The number of rotatable bonds is 4. The molecule has 20 heavy (non-hydrogen) atoms. The van der Waals surface area contributed by atoms with Crippen molar-refractivity contribution in [3.63, 3.8) is 0 Å². The fourth-order valence-electron chi connectivity index (χ4n) is 1.99. The van der Waals surface area contributed by atoms with E-state index in [4.69, 9.17) is 5.73 Å². The SMILES string of the molecule is CCc1nnc(Sc2ccc(N)cc2)c(C#N)c1CC. The molecular weight excluding hydrogens is 268 g/mol. The Bertz CT molecular complexity index is 644. The van der Waals surface area contributed by atoms with Crippen LogP contribution in [0.5, 0.6) is 0 Å². The van der Waals surface area contributed by atoms with E-state index < -0.39 is 0 Å². The van der Waals surface area contributed by atoms with Gasteiger partial charge in [-0.2, -0.15) is 10.4 Å². The molecule has 102 valence electrons. The van der Waals surface area contributed by atoms with E-state index in [2.05, 4.69) is 16.3 Å². The number of hydrogen-bond acceptors (Lipinski definition) is 5. The molecule has 0 fully saturated rings. The molecule has 2 rings (SSSR count). The summed E-state index contributed by atoms with van der Waals surface area (Å²) in [5.74, 6) is 0. The van der Waals surface area contributed by atoms with Crippen LogP contribution in [0.25, 0.3) is 0 Å². The van der Waals surface area contributed by atoms with Crippen molar-refractivity contribution in [1.29, 1.82) is 5.26 Å². The second-order valence-electron chi connectivity index (χ2n) is 4.30. The van der Waals surface area contributed by atoms with Gasteiger partial charge in [0.05, 0.1) is 11.3 Å². The summed E-state index contributed by atoms with van der Waals surface area (Å²) in [7, 11) is 0. The van der Waals surface area contributed by atoms with Crippen molar-refractivity contribution < 1.29 is 0 Å². The van der Waals surface area contributed by atoms with E-state index in [-0.39, 0.29) is 0 Å². The minimum Gasteiger partial charge on any atom is -0.399 e. The monoisotopic (exact) mass is 284 g/mol. The van der Waals surface area contributed by atoms with Crippen LogP contribution < -0.4 is 5.73 Å². The number of nitrogen functional groups attached to an aromatic ring is 1. The minimum atomic E-state index is 0.640. The summed E-state index contributed by atoms with van der Waals surface area (Å²) in [4.78, 5) is 0.997. The molecule has 0 radical (unpaired) electrons. The quantitative estimate of drug-likeness (QED) is 0.872. The zero-order chi connectivity index (χ0) is 14.5. The second-order valence-corrected chi connectivity index (χ2v) is 5.36. The van der Waals surface area contributed by atoms with E-state index in [0.29, 0.717) is 10.6 Å². The highest BCUT2D eigenvalue weighted by Crippen LogP contribution is 2.31. The van der Waals surface area contributed by atoms with Crippen LogP contribution >= 0.6 is 11.8 Å². The highest BCUT2D eigenvalue weighted by atomic mass is 32.2. The van der Waals surface area contributed by atoms with Crippen molar-refractivity contribution in [3.8, 4) is 6.07 Å². The summed E-state index contributed by atoms with van der Waals surface area (Å²) < 4.78 is 0. The van der Waals surface area contributed by atoms with Crippen molar-refractivity contribution in [3.05, 3.63) is 41.1 Å². The van der Waals surface area contributed by atoms with E-state index in [9.17, 15) is 5.26 Å². The van der Waals surface area contributed by atoms with E-state index in [1.807, 2.05) is 38.1 Å². The van der Waals surface area contributed by atoms with Gasteiger partial charge < -0.3 is 5.73 Å². The number of nitriles is 1. The Morgan fingerprint density at radius 3 is 2.40 bits per heavy atom. The Morgan fingerprint density at radius 1 is 1.15 bits per heavy atom. The third kappa shape index (κ3) is 2.91. The molecule has 0 amide bonds. The Balaban J connectivity index is 2.42. The first-order chi connectivity index (χ1) is 9.69. The van der Waals surface area contributed by atoms with Crippen molar-refractivity contribution in [2.75, 3.05) is 5.73 Å².